The van der Waals surface area contributed by atoms with Crippen molar-refractivity contribution in [3.8, 4) is 0 Å². The first-order chi connectivity index (χ1) is 12.6. The van der Waals surface area contributed by atoms with Gasteiger partial charge in [-0.2, -0.15) is 17.5 Å². The summed E-state index contributed by atoms with van der Waals surface area (Å²) < 4.78 is 71.9. The molecule has 1 aliphatic heterocycles. The summed E-state index contributed by atoms with van der Waals surface area (Å²) in [6.45, 7) is 14.4. The zero-order chi connectivity index (χ0) is 21.5. The second-order valence-corrected chi connectivity index (χ2v) is 15.3. The van der Waals surface area contributed by atoms with Crippen molar-refractivity contribution >= 4 is 18.3 Å². The summed E-state index contributed by atoms with van der Waals surface area (Å²) >= 11 is 0. The molecule has 1 saturated heterocycles. The molecule has 28 heavy (non-hydrogen) atoms. The molecule has 0 aromatic heterocycles. The van der Waals surface area contributed by atoms with Gasteiger partial charge in [0.05, 0.1) is 16.6 Å². The quantitative estimate of drug-likeness (QED) is 0.481. The van der Waals surface area contributed by atoms with Gasteiger partial charge in [0, 0.05) is 12.6 Å². The van der Waals surface area contributed by atoms with Crippen LogP contribution in [-0.4, -0.2) is 39.7 Å². The van der Waals surface area contributed by atoms with Crippen molar-refractivity contribution in [3.63, 3.8) is 0 Å². The van der Waals surface area contributed by atoms with Crippen molar-refractivity contribution in [2.75, 3.05) is 6.54 Å². The zero-order valence-corrected chi connectivity index (χ0v) is 18.7. The Balaban J connectivity index is 2.26. The number of hydrogen-bond acceptors (Lipinski definition) is 3. The van der Waals surface area contributed by atoms with Crippen LogP contribution in [0.4, 0.5) is 13.2 Å². The molecule has 2 rings (SSSR count). The third-order valence-corrected chi connectivity index (χ3v) is 12.0. The second-order valence-electron chi connectivity index (χ2n) is 8.64. The van der Waals surface area contributed by atoms with E-state index >= 15 is 0 Å². The lowest BCUT2D eigenvalue weighted by Crippen LogP contribution is -2.44. The molecule has 1 aliphatic rings. The molecule has 1 heterocycles. The van der Waals surface area contributed by atoms with E-state index in [1.54, 1.807) is 6.08 Å². The molecular formula is C19H28F3NO3SSi. The average Bonchev–Trinajstić information content (AvgIpc) is 2.96. The fourth-order valence-electron chi connectivity index (χ4n) is 2.92. The lowest BCUT2D eigenvalue weighted by Gasteiger charge is -2.38. The van der Waals surface area contributed by atoms with Crippen LogP contribution in [0.25, 0.3) is 0 Å². The standard InChI is InChI=1S/C19H28F3NO3SSi/c1-7-15-12-16(26-28(5,6)18(2,3)4)13-23(15)27(24,25)17-10-8-14(9-11-17)19(20,21)22/h7-11,15-16H,1,12-13H2,2-6H3/t15-,16-/m1/s1. The lowest BCUT2D eigenvalue weighted by molar-refractivity contribution is -0.137. The first kappa shape index (κ1) is 23.1. The number of halogens is 3. The van der Waals surface area contributed by atoms with Crippen molar-refractivity contribution in [1.29, 1.82) is 0 Å². The van der Waals surface area contributed by atoms with Gasteiger partial charge in [-0.05, 0) is 48.8 Å². The van der Waals surface area contributed by atoms with Crippen molar-refractivity contribution < 1.29 is 26.0 Å². The van der Waals surface area contributed by atoms with E-state index < -0.39 is 36.1 Å². The van der Waals surface area contributed by atoms with Crippen LogP contribution in [0.3, 0.4) is 0 Å². The van der Waals surface area contributed by atoms with E-state index in [-0.39, 0.29) is 22.6 Å². The normalized spacial score (nSPS) is 22.4. The molecule has 1 aromatic carbocycles. The van der Waals surface area contributed by atoms with Crippen LogP contribution in [-0.2, 0) is 20.6 Å². The van der Waals surface area contributed by atoms with Crippen LogP contribution in [0.1, 0.15) is 32.8 Å². The maximum atomic E-state index is 13.0. The number of hydrogen-bond donors (Lipinski definition) is 0. The summed E-state index contributed by atoms with van der Waals surface area (Å²) in [7, 11) is -6.05. The SMILES string of the molecule is C=C[C@@H]1C[C@@H](O[Si](C)(C)C(C)(C)C)CN1S(=O)(=O)c1ccc(C(F)(F)F)cc1. The molecule has 1 fully saturated rings. The van der Waals surface area contributed by atoms with Crippen LogP contribution >= 0.6 is 0 Å². The third kappa shape index (κ3) is 4.69. The first-order valence-electron chi connectivity index (χ1n) is 9.09. The predicted molar refractivity (Wildman–Crippen MR) is 106 cm³/mol. The van der Waals surface area contributed by atoms with Crippen LogP contribution < -0.4 is 0 Å². The van der Waals surface area contributed by atoms with E-state index in [0.29, 0.717) is 6.42 Å². The Bertz CT molecular complexity index is 814. The third-order valence-electron chi connectivity index (χ3n) is 5.59. The van der Waals surface area contributed by atoms with E-state index in [1.807, 2.05) is 0 Å². The summed E-state index contributed by atoms with van der Waals surface area (Å²) in [6, 6.07) is 3.12. The number of alkyl halides is 3. The number of benzene rings is 1. The molecule has 0 spiro atoms. The number of rotatable bonds is 5. The molecule has 0 amide bonds. The second kappa shape index (κ2) is 7.59. The fourth-order valence-corrected chi connectivity index (χ4v) is 5.92. The Morgan fingerprint density at radius 1 is 1.18 bits per heavy atom. The van der Waals surface area contributed by atoms with Gasteiger partial charge >= 0.3 is 6.18 Å². The molecule has 0 aliphatic carbocycles. The molecule has 1 aromatic rings. The van der Waals surface area contributed by atoms with E-state index in [0.717, 1.165) is 24.3 Å². The van der Waals surface area contributed by atoms with Crippen LogP contribution in [0, 0.1) is 0 Å². The van der Waals surface area contributed by atoms with Crippen LogP contribution in [0.5, 0.6) is 0 Å². The molecule has 0 N–H and O–H groups in total. The lowest BCUT2D eigenvalue weighted by atomic mass is 10.2. The average molecular weight is 436 g/mol. The van der Waals surface area contributed by atoms with Crippen LogP contribution in [0.15, 0.2) is 41.8 Å². The van der Waals surface area contributed by atoms with Crippen molar-refractivity contribution in [3.05, 3.63) is 42.5 Å². The Kier molecular flexibility index (Phi) is 6.26. The maximum Gasteiger partial charge on any atom is 0.416 e. The Morgan fingerprint density at radius 2 is 1.71 bits per heavy atom. The van der Waals surface area contributed by atoms with Crippen molar-refractivity contribution in [2.24, 2.45) is 0 Å². The minimum Gasteiger partial charge on any atom is -0.413 e. The zero-order valence-electron chi connectivity index (χ0n) is 16.9. The Morgan fingerprint density at radius 3 is 2.14 bits per heavy atom. The maximum absolute atomic E-state index is 13.0. The summed E-state index contributed by atoms with van der Waals surface area (Å²) in [6.07, 6.45) is -2.75. The highest BCUT2D eigenvalue weighted by atomic mass is 32.2. The van der Waals surface area contributed by atoms with E-state index in [4.69, 9.17) is 4.43 Å². The van der Waals surface area contributed by atoms with Gasteiger partial charge in [0.1, 0.15) is 0 Å². The number of sulfonamides is 1. The van der Waals surface area contributed by atoms with Gasteiger partial charge < -0.3 is 4.43 Å². The largest absolute Gasteiger partial charge is 0.416 e. The van der Waals surface area contributed by atoms with Crippen molar-refractivity contribution in [2.45, 2.75) is 68.5 Å². The molecule has 0 bridgehead atoms. The van der Waals surface area contributed by atoms with Gasteiger partial charge in [0.2, 0.25) is 10.0 Å². The highest BCUT2D eigenvalue weighted by Crippen LogP contribution is 2.40. The highest BCUT2D eigenvalue weighted by Gasteiger charge is 2.45. The Labute approximate surface area is 166 Å². The van der Waals surface area contributed by atoms with Crippen molar-refractivity contribution in [1.82, 2.24) is 4.31 Å². The van der Waals surface area contributed by atoms with Gasteiger partial charge in [0.15, 0.2) is 8.32 Å². The summed E-state index contributed by atoms with van der Waals surface area (Å²) in [5.41, 5.74) is -0.882. The molecular weight excluding hydrogens is 407 g/mol. The molecule has 0 radical (unpaired) electrons. The molecule has 158 valence electrons. The molecule has 0 unspecified atom stereocenters. The first-order valence-corrected chi connectivity index (χ1v) is 13.4. The highest BCUT2D eigenvalue weighted by molar-refractivity contribution is 7.89. The minimum absolute atomic E-state index is 0.0175. The smallest absolute Gasteiger partial charge is 0.413 e. The van der Waals surface area contributed by atoms with Gasteiger partial charge in [-0.25, -0.2) is 8.42 Å². The monoisotopic (exact) mass is 435 g/mol. The predicted octanol–water partition coefficient (Wildman–Crippen LogP) is 5.04. The van der Waals surface area contributed by atoms with E-state index in [2.05, 4.69) is 40.4 Å². The van der Waals surface area contributed by atoms with Crippen LogP contribution in [0.2, 0.25) is 18.1 Å². The number of nitrogens with zero attached hydrogens (tertiary/aromatic N) is 1. The van der Waals surface area contributed by atoms with Gasteiger partial charge in [-0.15, -0.1) is 6.58 Å². The topological polar surface area (TPSA) is 46.6 Å². The summed E-state index contributed by atoms with van der Waals surface area (Å²) in [4.78, 5) is -0.166. The molecule has 9 heteroatoms. The molecule has 4 nitrogen and oxygen atoms in total. The Hall–Kier alpha value is -1.16. The van der Waals surface area contributed by atoms with E-state index in [1.165, 1.54) is 4.31 Å². The van der Waals surface area contributed by atoms with E-state index in [9.17, 15) is 21.6 Å². The van der Waals surface area contributed by atoms with Gasteiger partial charge in [-0.3, -0.25) is 0 Å². The van der Waals surface area contributed by atoms with Gasteiger partial charge in [0.25, 0.3) is 0 Å². The molecule has 0 saturated carbocycles. The van der Waals surface area contributed by atoms with Gasteiger partial charge in [-0.1, -0.05) is 26.8 Å². The summed E-state index contributed by atoms with van der Waals surface area (Å²) in [5.74, 6) is 0. The minimum atomic E-state index is -4.51. The molecule has 2 atom stereocenters. The summed E-state index contributed by atoms with van der Waals surface area (Å²) in [5, 5.41) is -0.0175. The fraction of sp³-hybridized carbons (Fsp3) is 0.579.